The first-order valence-corrected chi connectivity index (χ1v) is 5.44. The third kappa shape index (κ3) is 2.37. The number of ketones is 1. The predicted octanol–water partition coefficient (Wildman–Crippen LogP) is 1.91. The van der Waals surface area contributed by atoms with Gasteiger partial charge >= 0.3 is 0 Å². The van der Waals surface area contributed by atoms with Gasteiger partial charge in [-0.2, -0.15) is 0 Å². The fraction of sp³-hybridized carbons (Fsp3) is 0.333. The summed E-state index contributed by atoms with van der Waals surface area (Å²) >= 11 is 0. The van der Waals surface area contributed by atoms with E-state index in [1.807, 2.05) is 0 Å². The summed E-state index contributed by atoms with van der Waals surface area (Å²) in [7, 11) is 0. The molecule has 0 saturated carbocycles. The first kappa shape index (κ1) is 12.6. The number of piperidine rings is 1. The monoisotopic (exact) mass is 257 g/mol. The number of nitrogens with zero attached hydrogens (tertiary/aromatic N) is 1. The zero-order valence-corrected chi connectivity index (χ0v) is 9.38. The Kier molecular flexibility index (Phi) is 3.36. The molecule has 0 aromatic heterocycles. The lowest BCUT2D eigenvalue weighted by atomic mass is 10.1. The quantitative estimate of drug-likeness (QED) is 0.721. The lowest BCUT2D eigenvalue weighted by Crippen LogP contribution is -2.40. The van der Waals surface area contributed by atoms with Crippen molar-refractivity contribution in [1.82, 2.24) is 4.90 Å². The molecule has 0 bridgehead atoms. The van der Waals surface area contributed by atoms with Gasteiger partial charge in [-0.3, -0.25) is 9.59 Å². The number of benzene rings is 1. The van der Waals surface area contributed by atoms with Crippen LogP contribution in [0.3, 0.4) is 0 Å². The lowest BCUT2D eigenvalue weighted by molar-refractivity contribution is -0.121. The van der Waals surface area contributed by atoms with Gasteiger partial charge in [0, 0.05) is 18.5 Å². The number of amides is 1. The molecule has 1 aromatic carbocycles. The molecule has 18 heavy (non-hydrogen) atoms. The number of hydrogen-bond acceptors (Lipinski definition) is 2. The van der Waals surface area contributed by atoms with Crippen LogP contribution in [0.15, 0.2) is 12.1 Å². The van der Waals surface area contributed by atoms with Gasteiger partial charge in [-0.05, 0) is 18.6 Å². The highest BCUT2D eigenvalue weighted by Crippen LogP contribution is 2.17. The second-order valence-corrected chi connectivity index (χ2v) is 4.12. The normalized spacial score (nSPS) is 15.9. The topological polar surface area (TPSA) is 37.4 Å². The van der Waals surface area contributed by atoms with Crippen LogP contribution in [0, 0.1) is 17.5 Å². The van der Waals surface area contributed by atoms with Crippen molar-refractivity contribution in [1.29, 1.82) is 0 Å². The van der Waals surface area contributed by atoms with Crippen molar-refractivity contribution in [2.24, 2.45) is 0 Å². The van der Waals surface area contributed by atoms with Gasteiger partial charge in [-0.1, -0.05) is 0 Å². The van der Waals surface area contributed by atoms with Gasteiger partial charge < -0.3 is 4.90 Å². The summed E-state index contributed by atoms with van der Waals surface area (Å²) in [5.74, 6) is -5.21. The van der Waals surface area contributed by atoms with Crippen molar-refractivity contribution in [2.45, 2.75) is 12.8 Å². The second kappa shape index (κ2) is 4.80. The molecule has 2 rings (SSSR count). The average molecular weight is 257 g/mol. The molecule has 0 radical (unpaired) electrons. The van der Waals surface area contributed by atoms with Crippen molar-refractivity contribution < 1.29 is 22.8 Å². The molecule has 1 aliphatic rings. The van der Waals surface area contributed by atoms with E-state index in [-0.39, 0.29) is 17.9 Å². The Morgan fingerprint density at radius 3 is 2.33 bits per heavy atom. The van der Waals surface area contributed by atoms with Gasteiger partial charge in [-0.25, -0.2) is 13.2 Å². The number of likely N-dealkylation sites (tertiary alicyclic amines) is 1. The Morgan fingerprint density at radius 1 is 1.17 bits per heavy atom. The number of rotatable bonds is 1. The highest BCUT2D eigenvalue weighted by molar-refractivity contribution is 5.97. The molecule has 0 atom stereocenters. The van der Waals surface area contributed by atoms with Crippen molar-refractivity contribution in [2.75, 3.05) is 13.1 Å². The maximum Gasteiger partial charge on any atom is 0.254 e. The van der Waals surface area contributed by atoms with Crippen LogP contribution in [0.5, 0.6) is 0 Å². The van der Waals surface area contributed by atoms with Gasteiger partial charge in [0.15, 0.2) is 23.2 Å². The van der Waals surface area contributed by atoms with Gasteiger partial charge in [0.25, 0.3) is 5.91 Å². The Labute approximate surface area is 101 Å². The Hall–Kier alpha value is -1.85. The van der Waals surface area contributed by atoms with Gasteiger partial charge in [0.05, 0.1) is 6.54 Å². The molecular weight excluding hydrogens is 247 g/mol. The lowest BCUT2D eigenvalue weighted by Gasteiger charge is -2.25. The van der Waals surface area contributed by atoms with Crippen LogP contribution in [0.1, 0.15) is 23.2 Å². The molecule has 96 valence electrons. The molecule has 0 aliphatic carbocycles. The highest BCUT2D eigenvalue weighted by Gasteiger charge is 2.24. The summed E-state index contributed by atoms with van der Waals surface area (Å²) in [6, 6.07) is 1.28. The summed E-state index contributed by atoms with van der Waals surface area (Å²) in [6.07, 6.45) is 0.923. The van der Waals surface area contributed by atoms with E-state index >= 15 is 0 Å². The molecule has 0 spiro atoms. The largest absolute Gasteiger partial charge is 0.331 e. The van der Waals surface area contributed by atoms with E-state index in [9.17, 15) is 22.8 Å². The molecule has 0 N–H and O–H groups in total. The first-order valence-electron chi connectivity index (χ1n) is 5.44. The van der Waals surface area contributed by atoms with Gasteiger partial charge in [0.1, 0.15) is 0 Å². The van der Waals surface area contributed by atoms with Crippen molar-refractivity contribution in [3.8, 4) is 0 Å². The second-order valence-electron chi connectivity index (χ2n) is 4.12. The summed E-state index contributed by atoms with van der Waals surface area (Å²) in [5, 5.41) is 0. The van der Waals surface area contributed by atoms with E-state index in [0.29, 0.717) is 31.5 Å². The molecule has 1 heterocycles. The number of halogens is 3. The highest BCUT2D eigenvalue weighted by atomic mass is 19.2. The Morgan fingerprint density at radius 2 is 1.78 bits per heavy atom. The number of carbonyl (C=O) groups is 2. The minimum absolute atomic E-state index is 0.0700. The molecule has 1 amide bonds. The van der Waals surface area contributed by atoms with Crippen LogP contribution in [0.4, 0.5) is 13.2 Å². The Bertz CT molecular complexity index is 493. The van der Waals surface area contributed by atoms with Crippen LogP contribution < -0.4 is 0 Å². The van der Waals surface area contributed by atoms with E-state index in [0.717, 1.165) is 0 Å². The van der Waals surface area contributed by atoms with Crippen molar-refractivity contribution in [3.63, 3.8) is 0 Å². The third-order valence-corrected chi connectivity index (χ3v) is 2.77. The molecular formula is C12H10F3NO2. The van der Waals surface area contributed by atoms with Gasteiger partial charge in [-0.15, -0.1) is 0 Å². The average Bonchev–Trinajstić information content (AvgIpc) is 2.34. The number of hydrogen-bond donors (Lipinski definition) is 0. The maximum atomic E-state index is 13.0. The van der Waals surface area contributed by atoms with E-state index in [1.54, 1.807) is 0 Å². The maximum absolute atomic E-state index is 13.0. The third-order valence-electron chi connectivity index (χ3n) is 2.77. The predicted molar refractivity (Wildman–Crippen MR) is 56.5 cm³/mol. The molecule has 6 heteroatoms. The summed E-state index contributed by atoms with van der Waals surface area (Å²) in [5.41, 5.74) is -0.291. The van der Waals surface area contributed by atoms with Gasteiger partial charge in [0.2, 0.25) is 0 Å². The molecule has 1 aromatic rings. The number of Topliss-reactive ketones (excluding diaryl/α,β-unsaturated/α-hetero) is 1. The van der Waals surface area contributed by atoms with E-state index in [2.05, 4.69) is 0 Å². The van der Waals surface area contributed by atoms with Crippen molar-refractivity contribution >= 4 is 11.7 Å². The minimum atomic E-state index is -1.61. The fourth-order valence-corrected chi connectivity index (χ4v) is 1.87. The molecule has 1 fully saturated rings. The molecule has 1 saturated heterocycles. The SMILES string of the molecule is O=C1CCCN(C(=O)c2cc(F)c(F)c(F)c2)C1. The zero-order valence-electron chi connectivity index (χ0n) is 9.38. The first-order chi connectivity index (χ1) is 8.49. The van der Waals surface area contributed by atoms with Crippen LogP contribution >= 0.6 is 0 Å². The standard InChI is InChI=1S/C12H10F3NO2/c13-9-4-7(5-10(14)11(9)15)12(18)16-3-1-2-8(17)6-16/h4-5H,1-3,6H2. The summed E-state index contributed by atoms with van der Waals surface area (Å²) in [4.78, 5) is 24.3. The minimum Gasteiger partial charge on any atom is -0.331 e. The number of carbonyl (C=O) groups excluding carboxylic acids is 2. The van der Waals surface area contributed by atoms with Crippen LogP contribution in [-0.2, 0) is 4.79 Å². The van der Waals surface area contributed by atoms with Crippen LogP contribution in [0.2, 0.25) is 0 Å². The molecule has 3 nitrogen and oxygen atoms in total. The molecule has 0 unspecified atom stereocenters. The van der Waals surface area contributed by atoms with Crippen molar-refractivity contribution in [3.05, 3.63) is 35.1 Å². The van der Waals surface area contributed by atoms with E-state index in [1.165, 1.54) is 4.90 Å². The van der Waals surface area contributed by atoms with E-state index < -0.39 is 23.4 Å². The smallest absolute Gasteiger partial charge is 0.254 e. The summed E-state index contributed by atoms with van der Waals surface area (Å²) < 4.78 is 38.7. The van der Waals surface area contributed by atoms with Crippen LogP contribution in [0.25, 0.3) is 0 Å². The zero-order chi connectivity index (χ0) is 13.3. The fourth-order valence-electron chi connectivity index (χ4n) is 1.87. The van der Waals surface area contributed by atoms with E-state index in [4.69, 9.17) is 0 Å². The summed E-state index contributed by atoms with van der Waals surface area (Å²) in [6.45, 7) is 0.282. The van der Waals surface area contributed by atoms with Crippen LogP contribution in [-0.4, -0.2) is 29.7 Å². The Balaban J connectivity index is 2.26. The molecule has 1 aliphatic heterocycles.